The molecule has 6 nitrogen and oxygen atoms in total. The van der Waals surface area contributed by atoms with Crippen molar-refractivity contribution in [1.29, 1.82) is 0 Å². The number of guanidine groups is 1. The molecular formula is C24H34N4O2. The smallest absolute Gasteiger partial charge is 0.188 e. The molecule has 0 bridgehead atoms. The molecule has 2 aromatic carbocycles. The first kappa shape index (κ1) is 22.0. The van der Waals surface area contributed by atoms with Crippen molar-refractivity contribution in [3.05, 3.63) is 59.2 Å². The molecule has 1 atom stereocenters. The van der Waals surface area contributed by atoms with Crippen LogP contribution in [0.5, 0.6) is 11.5 Å². The van der Waals surface area contributed by atoms with Gasteiger partial charge in [-0.1, -0.05) is 37.3 Å². The predicted octanol–water partition coefficient (Wildman–Crippen LogP) is 2.99. The molecule has 0 spiro atoms. The van der Waals surface area contributed by atoms with Gasteiger partial charge >= 0.3 is 0 Å². The molecule has 1 heterocycles. The molecule has 1 aliphatic heterocycles. The molecule has 1 unspecified atom stereocenters. The van der Waals surface area contributed by atoms with Crippen molar-refractivity contribution in [1.82, 2.24) is 10.2 Å². The Bertz CT molecular complexity index is 853. The molecule has 2 aromatic rings. The van der Waals surface area contributed by atoms with Gasteiger partial charge in [0.05, 0.1) is 20.8 Å². The van der Waals surface area contributed by atoms with Crippen LogP contribution in [0.1, 0.15) is 30.0 Å². The van der Waals surface area contributed by atoms with Gasteiger partial charge in [-0.3, -0.25) is 9.89 Å². The van der Waals surface area contributed by atoms with E-state index in [0.717, 1.165) is 56.0 Å². The van der Waals surface area contributed by atoms with E-state index in [-0.39, 0.29) is 0 Å². The maximum absolute atomic E-state index is 6.12. The maximum Gasteiger partial charge on any atom is 0.188 e. The first-order valence-electron chi connectivity index (χ1n) is 10.7. The van der Waals surface area contributed by atoms with Gasteiger partial charge in [-0.15, -0.1) is 0 Å². The summed E-state index contributed by atoms with van der Waals surface area (Å²) in [5.41, 5.74) is 10.2. The summed E-state index contributed by atoms with van der Waals surface area (Å²) in [6.07, 6.45) is 3.00. The standard InChI is InChI=1S/C24H34N4O2/c1-4-21(28-14-12-19-7-5-6-8-20(19)17-28)16-27-24(25)26-13-11-18-9-10-22(29-2)23(15-18)30-3/h5-10,15,21H,4,11-14,16-17H2,1-3H3,(H3,25,26,27). The highest BCUT2D eigenvalue weighted by molar-refractivity contribution is 5.77. The monoisotopic (exact) mass is 410 g/mol. The number of nitrogens with one attached hydrogen (secondary N) is 1. The zero-order valence-corrected chi connectivity index (χ0v) is 18.4. The van der Waals surface area contributed by atoms with E-state index < -0.39 is 0 Å². The van der Waals surface area contributed by atoms with Gasteiger partial charge < -0.3 is 20.5 Å². The topological polar surface area (TPSA) is 72.1 Å². The molecule has 3 rings (SSSR count). The molecular weight excluding hydrogens is 376 g/mol. The molecule has 1 aliphatic rings. The van der Waals surface area contributed by atoms with Gasteiger partial charge in [0.1, 0.15) is 0 Å². The van der Waals surface area contributed by atoms with Crippen molar-refractivity contribution in [2.45, 2.75) is 38.8 Å². The largest absolute Gasteiger partial charge is 0.493 e. The van der Waals surface area contributed by atoms with Crippen molar-refractivity contribution in [2.75, 3.05) is 33.9 Å². The number of hydrogen-bond donors (Lipinski definition) is 2. The minimum atomic E-state index is 0.407. The van der Waals surface area contributed by atoms with Crippen LogP contribution in [-0.4, -0.2) is 50.8 Å². The summed E-state index contributed by atoms with van der Waals surface area (Å²) in [6, 6.07) is 15.1. The van der Waals surface area contributed by atoms with Crippen LogP contribution in [0.3, 0.4) is 0 Å². The molecule has 6 heteroatoms. The van der Waals surface area contributed by atoms with Crippen LogP contribution in [-0.2, 0) is 19.4 Å². The third-order valence-corrected chi connectivity index (χ3v) is 5.79. The van der Waals surface area contributed by atoms with Gasteiger partial charge in [0.25, 0.3) is 0 Å². The van der Waals surface area contributed by atoms with Crippen LogP contribution in [0.15, 0.2) is 47.5 Å². The summed E-state index contributed by atoms with van der Waals surface area (Å²) in [6.45, 7) is 5.74. The molecule has 0 radical (unpaired) electrons. The zero-order chi connectivity index (χ0) is 21.3. The van der Waals surface area contributed by atoms with Crippen LogP contribution in [0.2, 0.25) is 0 Å². The van der Waals surface area contributed by atoms with Gasteiger partial charge in [0, 0.05) is 25.7 Å². The minimum Gasteiger partial charge on any atom is -0.493 e. The van der Waals surface area contributed by atoms with Crippen molar-refractivity contribution in [3.8, 4) is 11.5 Å². The molecule has 162 valence electrons. The third-order valence-electron chi connectivity index (χ3n) is 5.79. The van der Waals surface area contributed by atoms with Crippen molar-refractivity contribution < 1.29 is 9.47 Å². The third kappa shape index (κ3) is 5.66. The number of benzene rings is 2. The lowest BCUT2D eigenvalue weighted by Gasteiger charge is -2.34. The molecule has 0 saturated heterocycles. The first-order chi connectivity index (χ1) is 14.6. The Kier molecular flexibility index (Phi) is 7.97. The Morgan fingerprint density at radius 1 is 1.13 bits per heavy atom. The second-order valence-electron chi connectivity index (χ2n) is 7.64. The summed E-state index contributed by atoms with van der Waals surface area (Å²) in [7, 11) is 3.29. The summed E-state index contributed by atoms with van der Waals surface area (Å²) in [5.74, 6) is 1.98. The molecule has 0 aromatic heterocycles. The number of ether oxygens (including phenoxy) is 2. The summed E-state index contributed by atoms with van der Waals surface area (Å²) < 4.78 is 10.6. The van der Waals surface area contributed by atoms with Gasteiger partial charge in [0.2, 0.25) is 0 Å². The van der Waals surface area contributed by atoms with Gasteiger partial charge in [-0.25, -0.2) is 0 Å². The fraction of sp³-hybridized carbons (Fsp3) is 0.458. The van der Waals surface area contributed by atoms with E-state index in [1.54, 1.807) is 14.2 Å². The fourth-order valence-electron chi connectivity index (χ4n) is 3.96. The number of aliphatic imine (C=N–C) groups is 1. The summed E-state index contributed by atoms with van der Waals surface area (Å²) in [4.78, 5) is 7.15. The van der Waals surface area contributed by atoms with E-state index in [1.165, 1.54) is 11.1 Å². The van der Waals surface area contributed by atoms with Crippen molar-refractivity contribution in [2.24, 2.45) is 10.7 Å². The number of nitrogens with zero attached hydrogens (tertiary/aromatic N) is 2. The Morgan fingerprint density at radius 2 is 1.90 bits per heavy atom. The number of methoxy groups -OCH3 is 2. The highest BCUT2D eigenvalue weighted by Crippen LogP contribution is 2.27. The van der Waals surface area contributed by atoms with Gasteiger partial charge in [-0.2, -0.15) is 0 Å². The Morgan fingerprint density at radius 3 is 2.63 bits per heavy atom. The van der Waals surface area contributed by atoms with Crippen LogP contribution in [0.25, 0.3) is 0 Å². The SMILES string of the molecule is CCC(CN=C(N)NCCc1ccc(OC)c(OC)c1)N1CCc2ccccc2C1. The molecule has 0 amide bonds. The van der Waals surface area contributed by atoms with Crippen molar-refractivity contribution >= 4 is 5.96 Å². The number of nitrogens with two attached hydrogens (primary N) is 1. The van der Waals surface area contributed by atoms with Crippen molar-refractivity contribution in [3.63, 3.8) is 0 Å². The number of fused-ring (bicyclic) bond motifs is 1. The lowest BCUT2D eigenvalue weighted by molar-refractivity contribution is 0.178. The maximum atomic E-state index is 6.12. The molecule has 0 aliphatic carbocycles. The minimum absolute atomic E-state index is 0.407. The second-order valence-corrected chi connectivity index (χ2v) is 7.64. The predicted molar refractivity (Wildman–Crippen MR) is 122 cm³/mol. The Hall–Kier alpha value is -2.73. The normalized spacial score (nSPS) is 15.4. The van der Waals surface area contributed by atoms with Crippen LogP contribution < -0.4 is 20.5 Å². The van der Waals surface area contributed by atoms with E-state index in [1.807, 2.05) is 18.2 Å². The molecule has 3 N–H and O–H groups in total. The zero-order valence-electron chi connectivity index (χ0n) is 18.4. The average Bonchev–Trinajstić information content (AvgIpc) is 2.79. The molecule has 30 heavy (non-hydrogen) atoms. The van der Waals surface area contributed by atoms with Crippen LogP contribution >= 0.6 is 0 Å². The highest BCUT2D eigenvalue weighted by Gasteiger charge is 2.21. The van der Waals surface area contributed by atoms with Gasteiger partial charge in [-0.05, 0) is 48.1 Å². The molecule has 0 fully saturated rings. The van der Waals surface area contributed by atoms with Crippen LogP contribution in [0, 0.1) is 0 Å². The fourth-order valence-corrected chi connectivity index (χ4v) is 3.96. The van der Waals surface area contributed by atoms with E-state index in [9.17, 15) is 0 Å². The van der Waals surface area contributed by atoms with Gasteiger partial charge in [0.15, 0.2) is 17.5 Å². The lowest BCUT2D eigenvalue weighted by Crippen LogP contribution is -2.42. The van der Waals surface area contributed by atoms with E-state index in [2.05, 4.69) is 46.4 Å². The lowest BCUT2D eigenvalue weighted by atomic mass is 9.98. The number of hydrogen-bond acceptors (Lipinski definition) is 4. The van der Waals surface area contributed by atoms with E-state index in [0.29, 0.717) is 18.5 Å². The van der Waals surface area contributed by atoms with E-state index >= 15 is 0 Å². The van der Waals surface area contributed by atoms with Crippen LogP contribution in [0.4, 0.5) is 0 Å². The average molecular weight is 411 g/mol. The second kappa shape index (κ2) is 10.9. The first-order valence-corrected chi connectivity index (χ1v) is 10.7. The number of rotatable bonds is 9. The summed E-state index contributed by atoms with van der Waals surface area (Å²) >= 11 is 0. The highest BCUT2D eigenvalue weighted by atomic mass is 16.5. The molecule has 0 saturated carbocycles. The summed E-state index contributed by atoms with van der Waals surface area (Å²) in [5, 5.41) is 3.23. The Labute approximate surface area is 180 Å². The quantitative estimate of drug-likeness (QED) is 0.491. The van der Waals surface area contributed by atoms with E-state index in [4.69, 9.17) is 15.2 Å². The Balaban J connectivity index is 1.48.